The first-order valence-electron chi connectivity index (χ1n) is 11.7. The average molecular weight is 500 g/mol. The summed E-state index contributed by atoms with van der Waals surface area (Å²) in [5.41, 5.74) is 0.866. The molecule has 2 aliphatic rings. The number of ether oxygens (including phenoxy) is 1. The van der Waals surface area contributed by atoms with Crippen molar-refractivity contribution >= 4 is 29.3 Å². The van der Waals surface area contributed by atoms with Gasteiger partial charge in [-0.3, -0.25) is 5.32 Å². The van der Waals surface area contributed by atoms with E-state index in [1.54, 1.807) is 30.2 Å². The van der Waals surface area contributed by atoms with Gasteiger partial charge in [-0.05, 0) is 51.9 Å². The van der Waals surface area contributed by atoms with Crippen molar-refractivity contribution in [1.29, 1.82) is 0 Å². The summed E-state index contributed by atoms with van der Waals surface area (Å²) in [7, 11) is 0. The lowest BCUT2D eigenvalue weighted by molar-refractivity contribution is 0.287. The van der Waals surface area contributed by atoms with Crippen molar-refractivity contribution < 1.29 is 13.5 Å². The monoisotopic (exact) mass is 499 g/mol. The molecule has 1 saturated heterocycles. The third-order valence-corrected chi connectivity index (χ3v) is 7.28. The largest absolute Gasteiger partial charge is 0.486 e. The zero-order valence-electron chi connectivity index (χ0n) is 19.6. The fraction of sp³-hybridized carbons (Fsp3) is 0.417. The molecular formula is C24H27F2N7OS. The van der Waals surface area contributed by atoms with Gasteiger partial charge in [0, 0.05) is 34.1 Å². The van der Waals surface area contributed by atoms with Gasteiger partial charge in [-0.25, -0.2) is 28.7 Å². The van der Waals surface area contributed by atoms with E-state index in [1.807, 2.05) is 18.7 Å². The Hall–Kier alpha value is -3.05. The van der Waals surface area contributed by atoms with Crippen LogP contribution in [0.1, 0.15) is 26.7 Å². The maximum atomic E-state index is 14.9. The van der Waals surface area contributed by atoms with Crippen molar-refractivity contribution in [2.75, 3.05) is 36.5 Å². The molecule has 0 spiro atoms. The summed E-state index contributed by atoms with van der Waals surface area (Å²) in [4.78, 5) is 20.0. The van der Waals surface area contributed by atoms with Crippen molar-refractivity contribution in [3.63, 3.8) is 0 Å². The van der Waals surface area contributed by atoms with E-state index in [0.717, 1.165) is 37.0 Å². The van der Waals surface area contributed by atoms with Gasteiger partial charge in [0.05, 0.1) is 18.4 Å². The quantitative estimate of drug-likeness (QED) is 0.512. The summed E-state index contributed by atoms with van der Waals surface area (Å²) in [6.45, 7) is 7.10. The van der Waals surface area contributed by atoms with E-state index >= 15 is 0 Å². The van der Waals surface area contributed by atoms with Crippen LogP contribution in [0.4, 0.5) is 26.4 Å². The molecule has 11 heteroatoms. The number of hydrogen-bond donors (Lipinski definition) is 2. The summed E-state index contributed by atoms with van der Waals surface area (Å²) in [6.07, 6.45) is 6.79. The Bertz CT molecular complexity index is 1190. The number of rotatable bonds is 6. The SMILES string of the molecule is CC(C)N1CCOc2c(F)cc(-c3nc(Nc4ncc(SC5CCNCC5)cn4)ncc3F)cc21. The molecule has 8 nitrogen and oxygen atoms in total. The number of fused-ring (bicyclic) bond motifs is 1. The molecule has 0 amide bonds. The Morgan fingerprint density at radius 2 is 1.80 bits per heavy atom. The molecule has 5 rings (SSSR count). The summed E-state index contributed by atoms with van der Waals surface area (Å²) in [5.74, 6) is -0.612. The second kappa shape index (κ2) is 10.3. The molecule has 2 N–H and O–H groups in total. The maximum Gasteiger partial charge on any atom is 0.230 e. The predicted molar refractivity (Wildman–Crippen MR) is 132 cm³/mol. The molecular weight excluding hydrogens is 472 g/mol. The minimum atomic E-state index is -0.655. The van der Waals surface area contributed by atoms with Crippen LogP contribution in [0.5, 0.6) is 5.75 Å². The fourth-order valence-electron chi connectivity index (χ4n) is 4.25. The molecule has 35 heavy (non-hydrogen) atoms. The standard InChI is InChI=1S/C24H27F2N7OS/c1-14(2)33-7-8-34-22-18(25)9-15(10-20(22)33)21-19(26)13-30-24(31-21)32-23-28-11-17(12-29-23)35-16-3-5-27-6-4-16/h9-14,16,27H,3-8H2,1-2H3,(H,28,29,30,31,32). The minimum Gasteiger partial charge on any atom is -0.486 e. The van der Waals surface area contributed by atoms with Crippen LogP contribution in [0.25, 0.3) is 11.3 Å². The highest BCUT2D eigenvalue weighted by atomic mass is 32.2. The number of benzene rings is 1. The first-order valence-corrected chi connectivity index (χ1v) is 12.6. The Kier molecular flexibility index (Phi) is 6.96. The van der Waals surface area contributed by atoms with Crippen LogP contribution in [0.2, 0.25) is 0 Å². The summed E-state index contributed by atoms with van der Waals surface area (Å²) in [6, 6.07) is 3.07. The smallest absolute Gasteiger partial charge is 0.230 e. The second-order valence-corrected chi connectivity index (χ2v) is 10.1. The Labute approximate surface area is 206 Å². The molecule has 184 valence electrons. The average Bonchev–Trinajstić information content (AvgIpc) is 2.86. The van der Waals surface area contributed by atoms with E-state index in [0.29, 0.717) is 35.6 Å². The number of piperidine rings is 1. The predicted octanol–water partition coefficient (Wildman–Crippen LogP) is 4.41. The van der Waals surface area contributed by atoms with Crippen LogP contribution in [0.15, 0.2) is 35.6 Å². The molecule has 1 aromatic carbocycles. The van der Waals surface area contributed by atoms with Crippen molar-refractivity contribution in [3.8, 4) is 17.0 Å². The molecule has 2 aromatic heterocycles. The molecule has 1 fully saturated rings. The first kappa shape index (κ1) is 23.7. The van der Waals surface area contributed by atoms with Crippen LogP contribution in [-0.2, 0) is 0 Å². The maximum absolute atomic E-state index is 14.9. The molecule has 2 aliphatic heterocycles. The molecule has 0 atom stereocenters. The van der Waals surface area contributed by atoms with Crippen LogP contribution >= 0.6 is 11.8 Å². The summed E-state index contributed by atoms with van der Waals surface area (Å²) in [5, 5.41) is 6.83. The van der Waals surface area contributed by atoms with Gasteiger partial charge in [0.25, 0.3) is 0 Å². The zero-order chi connectivity index (χ0) is 24.4. The van der Waals surface area contributed by atoms with Crippen molar-refractivity contribution in [3.05, 3.63) is 42.4 Å². The third kappa shape index (κ3) is 5.30. The minimum absolute atomic E-state index is 0.0171. The molecule has 0 unspecified atom stereocenters. The lowest BCUT2D eigenvalue weighted by atomic mass is 10.1. The normalized spacial score (nSPS) is 16.2. The Balaban J connectivity index is 1.37. The summed E-state index contributed by atoms with van der Waals surface area (Å²) < 4.78 is 35.2. The highest BCUT2D eigenvalue weighted by molar-refractivity contribution is 8.00. The Morgan fingerprint density at radius 1 is 1.06 bits per heavy atom. The molecule has 4 heterocycles. The van der Waals surface area contributed by atoms with E-state index in [4.69, 9.17) is 4.74 Å². The van der Waals surface area contributed by atoms with Gasteiger partial charge in [-0.15, -0.1) is 11.8 Å². The van der Waals surface area contributed by atoms with Gasteiger partial charge in [0.15, 0.2) is 17.4 Å². The van der Waals surface area contributed by atoms with Crippen LogP contribution in [0.3, 0.4) is 0 Å². The van der Waals surface area contributed by atoms with E-state index in [9.17, 15) is 8.78 Å². The highest BCUT2D eigenvalue weighted by Crippen LogP contribution is 2.39. The number of nitrogens with one attached hydrogen (secondary N) is 2. The molecule has 0 aliphatic carbocycles. The molecule has 3 aromatic rings. The van der Waals surface area contributed by atoms with E-state index in [1.165, 1.54) is 6.07 Å². The summed E-state index contributed by atoms with van der Waals surface area (Å²) >= 11 is 1.77. The highest BCUT2D eigenvalue weighted by Gasteiger charge is 2.25. The third-order valence-electron chi connectivity index (χ3n) is 5.99. The number of hydrogen-bond acceptors (Lipinski definition) is 9. The van der Waals surface area contributed by atoms with Gasteiger partial charge in [-0.1, -0.05) is 0 Å². The van der Waals surface area contributed by atoms with Crippen LogP contribution in [-0.4, -0.2) is 57.5 Å². The van der Waals surface area contributed by atoms with Crippen molar-refractivity contribution in [2.24, 2.45) is 0 Å². The second-order valence-electron chi connectivity index (χ2n) is 8.77. The first-order chi connectivity index (χ1) is 17.0. The van der Waals surface area contributed by atoms with Gasteiger partial charge in [0.2, 0.25) is 11.9 Å². The van der Waals surface area contributed by atoms with Gasteiger partial charge in [0.1, 0.15) is 12.3 Å². The van der Waals surface area contributed by atoms with E-state index < -0.39 is 11.6 Å². The van der Waals surface area contributed by atoms with E-state index in [-0.39, 0.29) is 23.4 Å². The number of thioether (sulfide) groups is 1. The lowest BCUT2D eigenvalue weighted by Gasteiger charge is -2.34. The number of aromatic nitrogens is 4. The van der Waals surface area contributed by atoms with Gasteiger partial charge in [-0.2, -0.15) is 0 Å². The van der Waals surface area contributed by atoms with Crippen LogP contribution < -0.4 is 20.3 Å². The topological polar surface area (TPSA) is 88.1 Å². The molecule has 0 radical (unpaired) electrons. The Morgan fingerprint density at radius 3 is 2.54 bits per heavy atom. The fourth-order valence-corrected chi connectivity index (χ4v) is 5.34. The van der Waals surface area contributed by atoms with Crippen molar-refractivity contribution in [1.82, 2.24) is 25.3 Å². The number of halogens is 2. The van der Waals surface area contributed by atoms with Gasteiger partial charge < -0.3 is 15.0 Å². The molecule has 0 bridgehead atoms. The number of anilines is 3. The zero-order valence-corrected chi connectivity index (χ0v) is 20.4. The van der Waals surface area contributed by atoms with E-state index in [2.05, 4.69) is 30.6 Å². The van der Waals surface area contributed by atoms with Crippen molar-refractivity contribution in [2.45, 2.75) is 42.9 Å². The van der Waals surface area contributed by atoms with Crippen LogP contribution in [0, 0.1) is 11.6 Å². The van der Waals surface area contributed by atoms with Gasteiger partial charge >= 0.3 is 0 Å². The number of nitrogens with zero attached hydrogens (tertiary/aromatic N) is 5. The lowest BCUT2D eigenvalue weighted by Crippen LogP contribution is -2.38. The molecule has 0 saturated carbocycles.